The van der Waals surface area contributed by atoms with Gasteiger partial charge in [-0.25, -0.2) is 0 Å². The second-order valence-corrected chi connectivity index (χ2v) is 3.66. The van der Waals surface area contributed by atoms with Crippen LogP contribution in [0.3, 0.4) is 0 Å². The van der Waals surface area contributed by atoms with E-state index < -0.39 is 5.50 Å². The summed E-state index contributed by atoms with van der Waals surface area (Å²) < 4.78 is 0. The van der Waals surface area contributed by atoms with Crippen molar-refractivity contribution in [1.29, 1.82) is 0 Å². The molecule has 0 aromatic heterocycles. The van der Waals surface area contributed by atoms with Gasteiger partial charge in [-0.2, -0.15) is 0 Å². The van der Waals surface area contributed by atoms with Gasteiger partial charge in [0, 0.05) is 13.0 Å². The number of hydrogen-bond donors (Lipinski definition) is 3. The van der Waals surface area contributed by atoms with E-state index in [1.54, 1.807) is 6.08 Å². The highest BCUT2D eigenvalue weighted by atomic mass is 32.1. The molecule has 12 heavy (non-hydrogen) atoms. The number of carbonyl (C=O) groups is 1. The topological polar surface area (TPSA) is 32.3 Å². The van der Waals surface area contributed by atoms with Crippen molar-refractivity contribution >= 4 is 48.4 Å². The van der Waals surface area contributed by atoms with Crippen LogP contribution in [0.5, 0.6) is 0 Å². The summed E-state index contributed by atoms with van der Waals surface area (Å²) in [5.74, 6) is -0.119. The highest BCUT2D eigenvalue weighted by Crippen LogP contribution is 2.18. The Labute approximate surface area is 87.0 Å². The van der Waals surface area contributed by atoms with Gasteiger partial charge < -0.3 is 5.32 Å². The average molecular weight is 220 g/mol. The van der Waals surface area contributed by atoms with Crippen molar-refractivity contribution in [3.8, 4) is 0 Å². The molecule has 1 rings (SSSR count). The molecule has 1 N–H and O–H groups in total. The van der Waals surface area contributed by atoms with E-state index in [9.17, 15) is 4.79 Å². The summed E-state index contributed by atoms with van der Waals surface area (Å²) in [4.78, 5) is 13.0. The van der Waals surface area contributed by atoms with Gasteiger partial charge in [-0.15, -0.1) is 25.3 Å². The normalized spacial score (nSPS) is 23.2. The maximum absolute atomic E-state index is 11.0. The van der Waals surface area contributed by atoms with Crippen LogP contribution in [0, 0.1) is 0 Å². The zero-order valence-corrected chi connectivity index (χ0v) is 8.92. The monoisotopic (exact) mass is 220 g/mol. The summed E-state index contributed by atoms with van der Waals surface area (Å²) in [6, 6.07) is 0. The van der Waals surface area contributed by atoms with Crippen LogP contribution in [-0.2, 0) is 4.79 Å². The lowest BCUT2D eigenvalue weighted by atomic mass is 10.4. The number of thiocarbonyl (C=S) groups is 1. The van der Waals surface area contributed by atoms with E-state index >= 15 is 0 Å². The van der Waals surface area contributed by atoms with E-state index in [-0.39, 0.29) is 5.91 Å². The number of hydrogen-bond acceptors (Lipinski definition) is 4. The first-order valence-corrected chi connectivity index (χ1v) is 4.58. The molecule has 0 bridgehead atoms. The van der Waals surface area contributed by atoms with Crippen LogP contribution in [0.4, 0.5) is 0 Å². The van der Waals surface area contributed by atoms with Crippen LogP contribution in [-0.4, -0.2) is 21.3 Å². The third-order valence-electron chi connectivity index (χ3n) is 1.36. The molecule has 0 spiro atoms. The Kier molecular flexibility index (Phi) is 3.03. The van der Waals surface area contributed by atoms with Gasteiger partial charge in [-0.3, -0.25) is 9.69 Å². The van der Waals surface area contributed by atoms with E-state index in [1.807, 2.05) is 0 Å². The molecule has 1 aliphatic rings. The summed E-state index contributed by atoms with van der Waals surface area (Å²) >= 11 is 13.1. The van der Waals surface area contributed by atoms with Crippen molar-refractivity contribution in [3.63, 3.8) is 0 Å². The van der Waals surface area contributed by atoms with Crippen molar-refractivity contribution in [2.24, 2.45) is 0 Å². The standard InChI is InChI=1S/C6H8N2OS3/c1-3(9)8-5(11)2-4(10)7-6(8)12/h2,6,11-12H,1H3,(H,7,10). The van der Waals surface area contributed by atoms with E-state index in [4.69, 9.17) is 12.2 Å². The predicted molar refractivity (Wildman–Crippen MR) is 58.1 cm³/mol. The molecular formula is C6H8N2OS3. The number of nitrogens with zero attached hydrogens (tertiary/aromatic N) is 1. The van der Waals surface area contributed by atoms with Gasteiger partial charge in [0.2, 0.25) is 5.91 Å². The van der Waals surface area contributed by atoms with Crippen LogP contribution in [0.25, 0.3) is 0 Å². The molecule has 0 saturated carbocycles. The van der Waals surface area contributed by atoms with Gasteiger partial charge in [-0.1, -0.05) is 12.2 Å². The van der Waals surface area contributed by atoms with Gasteiger partial charge in [0.05, 0.1) is 5.03 Å². The Morgan fingerprint density at radius 1 is 1.83 bits per heavy atom. The molecule has 1 amide bonds. The highest BCUT2D eigenvalue weighted by molar-refractivity contribution is 7.85. The lowest BCUT2D eigenvalue weighted by molar-refractivity contribution is -0.127. The maximum Gasteiger partial charge on any atom is 0.226 e. The van der Waals surface area contributed by atoms with E-state index in [1.165, 1.54) is 11.8 Å². The van der Waals surface area contributed by atoms with Crippen LogP contribution >= 0.6 is 37.5 Å². The minimum absolute atomic E-state index is 0.119. The third-order valence-corrected chi connectivity index (χ3v) is 2.30. The van der Waals surface area contributed by atoms with Gasteiger partial charge in [-0.05, 0) is 0 Å². The average Bonchev–Trinajstić information content (AvgIpc) is 1.82. The molecule has 0 fully saturated rings. The smallest absolute Gasteiger partial charge is 0.226 e. The lowest BCUT2D eigenvalue weighted by Gasteiger charge is -2.31. The summed E-state index contributed by atoms with van der Waals surface area (Å²) in [6.45, 7) is 1.45. The first kappa shape index (κ1) is 9.88. The van der Waals surface area contributed by atoms with Crippen molar-refractivity contribution in [2.75, 3.05) is 0 Å². The number of thiol groups is 2. The minimum atomic E-state index is -0.410. The summed E-state index contributed by atoms with van der Waals surface area (Å²) in [7, 11) is 0. The summed E-state index contributed by atoms with van der Waals surface area (Å²) in [6.07, 6.45) is 1.60. The fourth-order valence-corrected chi connectivity index (χ4v) is 2.18. The zero-order valence-electron chi connectivity index (χ0n) is 6.31. The zero-order chi connectivity index (χ0) is 9.30. The molecule has 1 atom stereocenters. The molecule has 66 valence electrons. The van der Waals surface area contributed by atoms with Crippen molar-refractivity contribution in [1.82, 2.24) is 10.2 Å². The molecule has 1 heterocycles. The minimum Gasteiger partial charge on any atom is -0.348 e. The third kappa shape index (κ3) is 1.94. The van der Waals surface area contributed by atoms with Crippen LogP contribution < -0.4 is 5.32 Å². The van der Waals surface area contributed by atoms with Crippen molar-refractivity contribution in [2.45, 2.75) is 12.4 Å². The summed E-state index contributed by atoms with van der Waals surface area (Å²) in [5.41, 5.74) is -0.410. The van der Waals surface area contributed by atoms with Gasteiger partial charge in [0.25, 0.3) is 0 Å². The Balaban J connectivity index is 2.93. The highest BCUT2D eigenvalue weighted by Gasteiger charge is 2.23. The van der Waals surface area contributed by atoms with Crippen LogP contribution in [0.15, 0.2) is 11.1 Å². The lowest BCUT2D eigenvalue weighted by Crippen LogP contribution is -2.48. The largest absolute Gasteiger partial charge is 0.348 e. The fourth-order valence-electron chi connectivity index (χ4n) is 0.879. The number of amides is 1. The molecule has 6 heteroatoms. The molecule has 0 radical (unpaired) electrons. The number of rotatable bonds is 0. The molecule has 0 aromatic rings. The SMILES string of the molecule is CC(=O)N1C(S)=CC(=S)NC1S. The van der Waals surface area contributed by atoms with Gasteiger partial charge >= 0.3 is 0 Å². The van der Waals surface area contributed by atoms with E-state index in [0.29, 0.717) is 10.0 Å². The molecule has 0 aromatic carbocycles. The maximum atomic E-state index is 11.0. The Bertz CT molecular complexity index is 264. The quantitative estimate of drug-likeness (QED) is 0.416. The van der Waals surface area contributed by atoms with Crippen LogP contribution in [0.2, 0.25) is 0 Å². The molecule has 3 nitrogen and oxygen atoms in total. The molecule has 0 saturated heterocycles. The van der Waals surface area contributed by atoms with Crippen LogP contribution in [0.1, 0.15) is 6.92 Å². The first-order chi connectivity index (χ1) is 5.52. The van der Waals surface area contributed by atoms with Gasteiger partial charge in [0.1, 0.15) is 4.99 Å². The van der Waals surface area contributed by atoms with Gasteiger partial charge in [0.15, 0.2) is 5.50 Å². The Morgan fingerprint density at radius 3 is 2.83 bits per heavy atom. The summed E-state index contributed by atoms with van der Waals surface area (Å²) in [5, 5.41) is 3.34. The molecule has 0 aliphatic carbocycles. The molecule has 1 aliphatic heterocycles. The first-order valence-electron chi connectivity index (χ1n) is 3.21. The van der Waals surface area contributed by atoms with E-state index in [0.717, 1.165) is 0 Å². The number of nitrogens with one attached hydrogen (secondary N) is 1. The second-order valence-electron chi connectivity index (χ2n) is 2.27. The Morgan fingerprint density at radius 2 is 2.42 bits per heavy atom. The fraction of sp³-hybridized carbons (Fsp3) is 0.333. The van der Waals surface area contributed by atoms with Crippen molar-refractivity contribution < 1.29 is 4.79 Å². The Hall–Kier alpha value is -0.200. The predicted octanol–water partition coefficient (Wildman–Crippen LogP) is 0.750. The van der Waals surface area contributed by atoms with Crippen molar-refractivity contribution in [3.05, 3.63) is 11.1 Å². The number of carbonyl (C=O) groups excluding carboxylic acids is 1. The molecule has 1 unspecified atom stereocenters. The second kappa shape index (κ2) is 3.68. The van der Waals surface area contributed by atoms with E-state index in [2.05, 4.69) is 30.6 Å². The molecular weight excluding hydrogens is 212 g/mol.